The summed E-state index contributed by atoms with van der Waals surface area (Å²) in [7, 11) is 0. The van der Waals surface area contributed by atoms with Gasteiger partial charge in [-0.05, 0) is 44.4 Å². The molecule has 0 saturated heterocycles. The van der Waals surface area contributed by atoms with Gasteiger partial charge in [0.05, 0.1) is 10.2 Å². The summed E-state index contributed by atoms with van der Waals surface area (Å²) in [4.78, 5) is 14.8. The van der Waals surface area contributed by atoms with Crippen LogP contribution in [0.3, 0.4) is 0 Å². The lowest BCUT2D eigenvalue weighted by Gasteiger charge is -2.05. The number of amidine groups is 1. The molecule has 1 aromatic heterocycles. The molecule has 0 bridgehead atoms. The maximum absolute atomic E-state index is 13.3. The maximum atomic E-state index is 13.3. The average Bonchev–Trinajstić information content (AvgIpc) is 3.07. The van der Waals surface area contributed by atoms with Crippen LogP contribution >= 0.6 is 27.7 Å². The third kappa shape index (κ3) is 5.44. The lowest BCUT2D eigenvalue weighted by molar-refractivity contribution is -0.131. The van der Waals surface area contributed by atoms with Crippen molar-refractivity contribution < 1.29 is 27.8 Å². The molecule has 1 heterocycles. The fourth-order valence-electron chi connectivity index (χ4n) is 1.63. The Morgan fingerprint density at radius 1 is 1.42 bits per heavy atom. The molecule has 3 N–H and O–H groups in total. The summed E-state index contributed by atoms with van der Waals surface area (Å²) in [5.41, 5.74) is 2.20. The molecule has 0 fully saturated rings. The minimum atomic E-state index is -3.09. The summed E-state index contributed by atoms with van der Waals surface area (Å²) in [6.45, 7) is -0.0376. The van der Waals surface area contributed by atoms with Gasteiger partial charge in [-0.15, -0.1) is 0 Å². The van der Waals surface area contributed by atoms with Crippen LogP contribution in [0.15, 0.2) is 37.3 Å². The number of nitrogens with zero attached hydrogens (tertiary/aromatic N) is 3. The number of benzene rings is 1. The van der Waals surface area contributed by atoms with E-state index >= 15 is 0 Å². The van der Waals surface area contributed by atoms with Crippen LogP contribution in [0.1, 0.15) is 5.69 Å². The van der Waals surface area contributed by atoms with Crippen molar-refractivity contribution in [3.05, 3.63) is 34.2 Å². The first kappa shape index (κ1) is 20.2. The topological polar surface area (TPSA) is 113 Å². The lowest BCUT2D eigenvalue weighted by Crippen LogP contribution is -2.31. The Morgan fingerprint density at radius 3 is 2.85 bits per heavy atom. The van der Waals surface area contributed by atoms with E-state index in [1.807, 2.05) is 10.8 Å². The molecule has 0 atom stereocenters. The van der Waals surface area contributed by atoms with Crippen molar-refractivity contribution in [3.63, 3.8) is 0 Å². The highest BCUT2D eigenvalue weighted by Crippen LogP contribution is 2.24. The smallest absolute Gasteiger partial charge is 0.315 e. The van der Waals surface area contributed by atoms with Crippen LogP contribution in [-0.2, 0) is 4.79 Å². The van der Waals surface area contributed by atoms with Crippen LogP contribution in [0.4, 0.5) is 18.9 Å². The number of alkyl halides is 2. The van der Waals surface area contributed by atoms with Crippen molar-refractivity contribution in [1.82, 2.24) is 21.1 Å². The van der Waals surface area contributed by atoms with Gasteiger partial charge in [0.1, 0.15) is 5.82 Å². The number of aromatic nitrogens is 2. The van der Waals surface area contributed by atoms with Crippen LogP contribution in [0.2, 0.25) is 0 Å². The van der Waals surface area contributed by atoms with Crippen molar-refractivity contribution in [2.75, 3.05) is 12.3 Å². The number of nitrogens with one attached hydrogen (secondary N) is 2. The Morgan fingerprint density at radius 2 is 2.19 bits per heavy atom. The van der Waals surface area contributed by atoms with Gasteiger partial charge in [0.2, 0.25) is 0 Å². The van der Waals surface area contributed by atoms with Crippen LogP contribution in [-0.4, -0.2) is 46.0 Å². The van der Waals surface area contributed by atoms with Crippen molar-refractivity contribution >= 4 is 45.1 Å². The fraction of sp³-hybridized carbons (Fsp3) is 0.231. The fourth-order valence-corrected chi connectivity index (χ4v) is 2.75. The van der Waals surface area contributed by atoms with Crippen molar-refractivity contribution in [3.8, 4) is 0 Å². The van der Waals surface area contributed by atoms with Gasteiger partial charge in [0, 0.05) is 12.3 Å². The highest BCUT2D eigenvalue weighted by molar-refractivity contribution is 9.10. The molecular weight excluding hydrogens is 443 g/mol. The molecule has 8 nitrogen and oxygen atoms in total. The summed E-state index contributed by atoms with van der Waals surface area (Å²) >= 11 is 4.06. The zero-order chi connectivity index (χ0) is 19.1. The highest BCUT2D eigenvalue weighted by Gasteiger charge is 2.18. The summed E-state index contributed by atoms with van der Waals surface area (Å²) < 4.78 is 42.2. The Balaban J connectivity index is 2.07. The van der Waals surface area contributed by atoms with Gasteiger partial charge in [-0.3, -0.25) is 15.5 Å². The molecule has 2 aromatic rings. The second kappa shape index (κ2) is 9.54. The summed E-state index contributed by atoms with van der Waals surface area (Å²) in [6, 6.07) is 3.94. The standard InChI is InChI=1S/C13H11BrF3N5O3S/c14-7-5-6(1-2-8(7)15)19-11(20-24)9-13(22-25-21-9)26-4-3-18-12(23)10(16)17/h1-2,5,10,24H,3-4H2,(H,18,23)(H,19,20). The largest absolute Gasteiger partial charge is 0.350 e. The molecule has 2 rings (SSSR count). The zero-order valence-corrected chi connectivity index (χ0v) is 15.2. The third-order valence-electron chi connectivity index (χ3n) is 2.77. The first-order chi connectivity index (χ1) is 12.4. The van der Waals surface area contributed by atoms with Gasteiger partial charge >= 0.3 is 6.43 Å². The first-order valence-electron chi connectivity index (χ1n) is 6.87. The number of carbonyl (C=O) groups is 1. The van der Waals surface area contributed by atoms with Gasteiger partial charge in [-0.2, -0.15) is 8.78 Å². The van der Waals surface area contributed by atoms with E-state index in [-0.39, 0.29) is 33.3 Å². The molecule has 0 aliphatic heterocycles. The molecule has 0 aliphatic rings. The van der Waals surface area contributed by atoms with Gasteiger partial charge in [-0.1, -0.05) is 11.8 Å². The Bertz CT molecular complexity index is 805. The minimum absolute atomic E-state index is 0.0376. The molecule has 1 aromatic carbocycles. The predicted molar refractivity (Wildman–Crippen MR) is 89.3 cm³/mol. The summed E-state index contributed by atoms with van der Waals surface area (Å²) in [5, 5.41) is 18.8. The van der Waals surface area contributed by atoms with E-state index in [0.717, 1.165) is 11.8 Å². The predicted octanol–water partition coefficient (Wildman–Crippen LogP) is 2.50. The van der Waals surface area contributed by atoms with E-state index < -0.39 is 18.1 Å². The SMILES string of the molecule is O=C(NCCSc1nonc1C(=Nc1ccc(F)c(Br)c1)NO)C(F)F. The molecule has 140 valence electrons. The summed E-state index contributed by atoms with van der Waals surface area (Å²) in [6.07, 6.45) is -3.09. The second-order valence-electron chi connectivity index (χ2n) is 4.53. The number of aliphatic imine (C=N–C) groups is 1. The van der Waals surface area contributed by atoms with Gasteiger partial charge < -0.3 is 5.32 Å². The van der Waals surface area contributed by atoms with Crippen LogP contribution < -0.4 is 10.8 Å². The molecule has 0 radical (unpaired) electrons. The van der Waals surface area contributed by atoms with Crippen molar-refractivity contribution in [1.29, 1.82) is 0 Å². The Labute approximate surface area is 157 Å². The van der Waals surface area contributed by atoms with Gasteiger partial charge in [0.25, 0.3) is 5.91 Å². The van der Waals surface area contributed by atoms with E-state index in [1.165, 1.54) is 18.2 Å². The van der Waals surface area contributed by atoms with E-state index in [1.54, 1.807) is 0 Å². The molecule has 13 heteroatoms. The van der Waals surface area contributed by atoms with Gasteiger partial charge in [-0.25, -0.2) is 14.0 Å². The minimum Gasteiger partial charge on any atom is -0.350 e. The molecule has 0 unspecified atom stereocenters. The number of thioether (sulfide) groups is 1. The van der Waals surface area contributed by atoms with Crippen LogP contribution in [0.25, 0.3) is 0 Å². The normalized spacial score (nSPS) is 11.7. The molecule has 0 saturated carbocycles. The number of hydroxylamine groups is 1. The van der Waals surface area contributed by atoms with Crippen molar-refractivity contribution in [2.45, 2.75) is 11.5 Å². The number of amides is 1. The van der Waals surface area contributed by atoms with Crippen molar-refractivity contribution in [2.24, 2.45) is 4.99 Å². The molecule has 0 aliphatic carbocycles. The maximum Gasteiger partial charge on any atom is 0.315 e. The highest BCUT2D eigenvalue weighted by atomic mass is 79.9. The van der Waals surface area contributed by atoms with E-state index in [4.69, 9.17) is 0 Å². The third-order valence-corrected chi connectivity index (χ3v) is 4.33. The Kier molecular flexibility index (Phi) is 7.41. The quantitative estimate of drug-likeness (QED) is 0.194. The zero-order valence-electron chi connectivity index (χ0n) is 12.7. The number of hydrogen-bond donors (Lipinski definition) is 3. The van der Waals surface area contributed by atoms with E-state index in [0.29, 0.717) is 5.69 Å². The number of hydrogen-bond acceptors (Lipinski definition) is 7. The molecule has 1 amide bonds. The van der Waals surface area contributed by atoms with Gasteiger partial charge in [0.15, 0.2) is 16.6 Å². The number of rotatable bonds is 7. The van der Waals surface area contributed by atoms with E-state index in [2.05, 4.69) is 35.9 Å². The molecule has 26 heavy (non-hydrogen) atoms. The first-order valence-corrected chi connectivity index (χ1v) is 8.65. The molecular formula is C13H11BrF3N5O3S. The van der Waals surface area contributed by atoms with E-state index in [9.17, 15) is 23.2 Å². The van der Waals surface area contributed by atoms with Crippen LogP contribution in [0.5, 0.6) is 0 Å². The number of carbonyl (C=O) groups excluding carboxylic acids is 1. The Hall–Kier alpha value is -2.12. The summed E-state index contributed by atoms with van der Waals surface area (Å²) in [5.74, 6) is -1.78. The number of halogens is 4. The van der Waals surface area contributed by atoms with Crippen LogP contribution in [0, 0.1) is 5.82 Å². The second-order valence-corrected chi connectivity index (χ2v) is 6.47. The molecule has 0 spiro atoms. The monoisotopic (exact) mass is 453 g/mol. The average molecular weight is 454 g/mol. The lowest BCUT2D eigenvalue weighted by atomic mass is 10.3.